The smallest absolute Gasteiger partial charge is 0.264 e. The van der Waals surface area contributed by atoms with Crippen LogP contribution in [0.15, 0.2) is 273 Å². The van der Waals surface area contributed by atoms with Gasteiger partial charge in [0.05, 0.1) is 17.1 Å². The highest BCUT2D eigenvalue weighted by atomic mass is 32.1. The van der Waals surface area contributed by atoms with Crippen molar-refractivity contribution in [1.29, 1.82) is 0 Å². The fourth-order valence-corrected chi connectivity index (χ4v) is 16.0. The molecule has 79 heavy (non-hydrogen) atoms. The van der Waals surface area contributed by atoms with Crippen molar-refractivity contribution in [2.24, 2.45) is 0 Å². The highest BCUT2D eigenvalue weighted by molar-refractivity contribution is 7.35. The van der Waals surface area contributed by atoms with E-state index in [-0.39, 0.29) is 13.4 Å². The van der Waals surface area contributed by atoms with E-state index in [1.165, 1.54) is 91.4 Å². The zero-order valence-electron chi connectivity index (χ0n) is 42.7. The van der Waals surface area contributed by atoms with E-state index in [0.29, 0.717) is 0 Å². The molecular formula is C70H45B2N5S2. The van der Waals surface area contributed by atoms with Gasteiger partial charge in [0, 0.05) is 98.0 Å². The number of para-hydroxylation sites is 6. The summed E-state index contributed by atoms with van der Waals surface area (Å²) in [6.45, 7) is -0.162. The van der Waals surface area contributed by atoms with Crippen LogP contribution in [0.1, 0.15) is 0 Å². The SMILES string of the molecule is c1ccc(N(c2ccccc2)c2cc3c4c(c2)N(c2ccccc2)c2c(sc5ccccc25)B4c2cc4c(cc2N3c2ccccc2)N(c2ccccc2)c2cccc3c2B4c2sc4ccccc4c2N3c2ccccc2)cc1. The Bertz CT molecular complexity index is 4500. The summed E-state index contributed by atoms with van der Waals surface area (Å²) in [5.74, 6) is 0. The average Bonchev–Trinajstić information content (AvgIpc) is 4.08. The van der Waals surface area contributed by atoms with Crippen molar-refractivity contribution in [1.82, 2.24) is 0 Å². The third kappa shape index (κ3) is 6.58. The summed E-state index contributed by atoms with van der Waals surface area (Å²) in [5.41, 5.74) is 22.6. The third-order valence-corrected chi connectivity index (χ3v) is 19.0. The molecule has 0 unspecified atom stereocenters. The van der Waals surface area contributed by atoms with E-state index in [1.54, 1.807) is 0 Å². The molecule has 0 atom stereocenters. The molecule has 0 fully saturated rings. The number of thiophene rings is 2. The molecule has 0 saturated heterocycles. The van der Waals surface area contributed by atoms with Gasteiger partial charge in [0.25, 0.3) is 13.4 Å². The third-order valence-electron chi connectivity index (χ3n) is 16.5. The van der Waals surface area contributed by atoms with Crippen molar-refractivity contribution < 1.29 is 0 Å². The Morgan fingerprint density at radius 3 is 1.10 bits per heavy atom. The molecule has 4 aliphatic rings. The monoisotopic (exact) mass is 1040 g/mol. The zero-order chi connectivity index (χ0) is 51.7. The molecule has 0 N–H and O–H groups in total. The number of hydrogen-bond acceptors (Lipinski definition) is 7. The number of hydrogen-bond donors (Lipinski definition) is 0. The average molecular weight is 1040 g/mol. The predicted molar refractivity (Wildman–Crippen MR) is 340 cm³/mol. The van der Waals surface area contributed by atoms with Crippen LogP contribution in [0, 0.1) is 0 Å². The molecule has 368 valence electrons. The van der Waals surface area contributed by atoms with Gasteiger partial charge in [-0.25, -0.2) is 0 Å². The summed E-state index contributed by atoms with van der Waals surface area (Å²) in [4.78, 5) is 12.7. The molecule has 0 spiro atoms. The minimum absolute atomic E-state index is 0.0520. The molecule has 0 saturated carbocycles. The number of anilines is 15. The molecule has 0 amide bonds. The minimum atomic E-state index is -0.110. The van der Waals surface area contributed by atoms with E-state index in [4.69, 9.17) is 0 Å². The maximum Gasteiger partial charge on any atom is 0.264 e. The van der Waals surface area contributed by atoms with E-state index in [0.717, 1.165) is 45.5 Å². The van der Waals surface area contributed by atoms with Gasteiger partial charge in [-0.1, -0.05) is 158 Å². The number of benzene rings is 11. The van der Waals surface area contributed by atoms with Gasteiger partial charge in [-0.05, 0) is 137 Å². The van der Waals surface area contributed by atoms with Crippen LogP contribution in [0.3, 0.4) is 0 Å². The molecule has 0 aliphatic carbocycles. The Morgan fingerprint density at radius 1 is 0.278 bits per heavy atom. The van der Waals surface area contributed by atoms with Crippen LogP contribution in [0.4, 0.5) is 85.3 Å². The largest absolute Gasteiger partial charge is 0.311 e. The molecule has 6 heterocycles. The van der Waals surface area contributed by atoms with Crippen LogP contribution in [0.25, 0.3) is 20.2 Å². The van der Waals surface area contributed by atoms with Crippen LogP contribution < -0.4 is 55.9 Å². The Hall–Kier alpha value is -9.53. The first-order chi connectivity index (χ1) is 39.2. The standard InChI is InChI=1S/C70H45B2N5S2/c1-7-24-46(25-8-1)73(47-26-9-2-10-27-47)52-42-61-66-62(43-52)77(51-34-17-6-18-35-51)68-54-37-20-22-41-64(54)79-70(68)72(66)56-44-55-59(45-60(56)75(61)49-30-13-4-14-31-49)74(48-28-11-3-12-29-48)57-38-23-39-58-65(57)71(55)69-67(53-36-19-21-40-63(53)78-69)76(58)50-32-15-5-16-33-50/h1-45H. The number of nitrogens with zero attached hydrogens (tertiary/aromatic N) is 5. The Labute approximate surface area is 467 Å². The molecule has 17 rings (SSSR count). The normalized spacial score (nSPS) is 13.4. The van der Waals surface area contributed by atoms with Gasteiger partial charge in [0.15, 0.2) is 0 Å². The van der Waals surface area contributed by atoms with Crippen LogP contribution in [-0.2, 0) is 0 Å². The van der Waals surface area contributed by atoms with Crippen LogP contribution in [0.5, 0.6) is 0 Å². The molecule has 9 heteroatoms. The van der Waals surface area contributed by atoms with E-state index in [2.05, 4.69) is 297 Å². The van der Waals surface area contributed by atoms with Crippen LogP contribution in [0.2, 0.25) is 0 Å². The first-order valence-corrected chi connectivity index (χ1v) is 28.7. The van der Waals surface area contributed by atoms with Gasteiger partial charge >= 0.3 is 0 Å². The van der Waals surface area contributed by atoms with Gasteiger partial charge in [-0.3, -0.25) is 0 Å². The second-order valence-corrected chi connectivity index (χ2v) is 22.9. The molecule has 4 aliphatic heterocycles. The molecule has 5 nitrogen and oxygen atoms in total. The second kappa shape index (κ2) is 17.5. The topological polar surface area (TPSA) is 16.2 Å². The molecule has 0 radical (unpaired) electrons. The highest BCUT2D eigenvalue weighted by Gasteiger charge is 2.50. The lowest BCUT2D eigenvalue weighted by Crippen LogP contribution is -2.64. The van der Waals surface area contributed by atoms with E-state index < -0.39 is 0 Å². The lowest BCUT2D eigenvalue weighted by Gasteiger charge is -2.46. The van der Waals surface area contributed by atoms with Crippen molar-refractivity contribution in [3.63, 3.8) is 0 Å². The maximum atomic E-state index is 2.66. The quantitative estimate of drug-likeness (QED) is 0.147. The molecule has 11 aromatic carbocycles. The zero-order valence-corrected chi connectivity index (χ0v) is 44.3. The highest BCUT2D eigenvalue weighted by Crippen LogP contribution is 2.53. The van der Waals surface area contributed by atoms with Gasteiger partial charge in [0.1, 0.15) is 0 Å². The Balaban J connectivity index is 1.02. The van der Waals surface area contributed by atoms with E-state index >= 15 is 0 Å². The summed E-state index contributed by atoms with van der Waals surface area (Å²) in [6, 6.07) is 101. The van der Waals surface area contributed by atoms with Crippen LogP contribution in [-0.4, -0.2) is 13.4 Å². The Kier molecular flexibility index (Phi) is 9.87. The summed E-state index contributed by atoms with van der Waals surface area (Å²) in [5, 5.41) is 2.54. The fraction of sp³-hybridized carbons (Fsp3) is 0. The van der Waals surface area contributed by atoms with Gasteiger partial charge in [0.2, 0.25) is 0 Å². The Morgan fingerprint density at radius 2 is 0.633 bits per heavy atom. The van der Waals surface area contributed by atoms with Gasteiger partial charge in [-0.2, -0.15) is 0 Å². The molecule has 13 aromatic rings. The van der Waals surface area contributed by atoms with Crippen molar-refractivity contribution in [2.45, 2.75) is 0 Å². The summed E-state index contributed by atoms with van der Waals surface area (Å²) in [7, 11) is 0. The van der Waals surface area contributed by atoms with Gasteiger partial charge in [-0.15, -0.1) is 22.7 Å². The second-order valence-electron chi connectivity index (χ2n) is 20.8. The van der Waals surface area contributed by atoms with Crippen molar-refractivity contribution in [3.05, 3.63) is 273 Å². The summed E-state index contributed by atoms with van der Waals surface area (Å²) in [6.07, 6.45) is 0. The molecule has 2 aromatic heterocycles. The predicted octanol–water partition coefficient (Wildman–Crippen LogP) is 15.8. The molecule has 0 bridgehead atoms. The van der Waals surface area contributed by atoms with Crippen molar-refractivity contribution in [3.8, 4) is 0 Å². The maximum absolute atomic E-state index is 2.66. The summed E-state index contributed by atoms with van der Waals surface area (Å²) < 4.78 is 5.28. The van der Waals surface area contributed by atoms with Crippen molar-refractivity contribution >= 4 is 173 Å². The number of rotatable bonds is 7. The first-order valence-electron chi connectivity index (χ1n) is 27.1. The summed E-state index contributed by atoms with van der Waals surface area (Å²) >= 11 is 3.90. The minimum Gasteiger partial charge on any atom is -0.311 e. The first kappa shape index (κ1) is 44.6. The van der Waals surface area contributed by atoms with E-state index in [1.807, 2.05) is 22.7 Å². The fourth-order valence-electron chi connectivity index (χ4n) is 13.4. The lowest BCUT2D eigenvalue weighted by molar-refractivity contribution is 1.22. The van der Waals surface area contributed by atoms with E-state index in [9.17, 15) is 0 Å². The number of fused-ring (bicyclic) bond motifs is 12. The van der Waals surface area contributed by atoms with Crippen molar-refractivity contribution in [2.75, 3.05) is 24.5 Å². The molecular weight excluding hydrogens is 997 g/mol. The lowest BCUT2D eigenvalue weighted by atomic mass is 9.32. The van der Waals surface area contributed by atoms with Gasteiger partial charge < -0.3 is 24.5 Å². The van der Waals surface area contributed by atoms with Crippen LogP contribution >= 0.6 is 22.7 Å².